The lowest BCUT2D eigenvalue weighted by Gasteiger charge is -2.15. The van der Waals surface area contributed by atoms with Gasteiger partial charge in [-0.05, 0) is 19.1 Å². The van der Waals surface area contributed by atoms with E-state index in [4.69, 9.17) is 16.3 Å². The fourth-order valence-electron chi connectivity index (χ4n) is 1.92. The minimum atomic E-state index is -0.374. The Morgan fingerprint density at radius 1 is 1.30 bits per heavy atom. The molecule has 102 valence electrons. The van der Waals surface area contributed by atoms with E-state index in [1.165, 1.54) is 12.3 Å². The number of nitrogens with zero attached hydrogens (tertiary/aromatic N) is 3. The third-order valence-corrected chi connectivity index (χ3v) is 3.12. The lowest BCUT2D eigenvalue weighted by molar-refractivity contribution is 0.210. The van der Waals surface area contributed by atoms with E-state index in [9.17, 15) is 4.39 Å². The average Bonchev–Trinajstić information content (AvgIpc) is 2.87. The Morgan fingerprint density at radius 2 is 2.15 bits per heavy atom. The summed E-state index contributed by atoms with van der Waals surface area (Å²) in [6.45, 7) is 1.84. The highest BCUT2D eigenvalue weighted by Gasteiger charge is 2.12. The molecule has 0 aliphatic heterocycles. The molecule has 20 heavy (non-hydrogen) atoms. The predicted molar refractivity (Wildman–Crippen MR) is 73.4 cm³/mol. The smallest absolute Gasteiger partial charge is 0.201 e. The fourth-order valence-corrected chi connectivity index (χ4v) is 2.11. The van der Waals surface area contributed by atoms with Crippen LogP contribution in [-0.2, 0) is 0 Å². The second-order valence-corrected chi connectivity index (χ2v) is 4.77. The summed E-state index contributed by atoms with van der Waals surface area (Å²) in [5.74, 6) is 0.185. The van der Waals surface area contributed by atoms with Crippen LogP contribution in [-0.4, -0.2) is 14.4 Å². The summed E-state index contributed by atoms with van der Waals surface area (Å²) in [4.78, 5) is 8.17. The predicted octanol–water partition coefficient (Wildman–Crippen LogP) is 3.66. The maximum atomic E-state index is 12.9. The monoisotopic (exact) mass is 291 g/mol. The third-order valence-electron chi connectivity index (χ3n) is 2.90. The zero-order valence-corrected chi connectivity index (χ0v) is 11.4. The van der Waals surface area contributed by atoms with Crippen LogP contribution in [0.4, 0.5) is 4.39 Å². The molecule has 0 radical (unpaired) electrons. The molecule has 0 N–H and O–H groups in total. The number of hydrogen-bond donors (Lipinski definition) is 0. The van der Waals surface area contributed by atoms with Crippen LogP contribution in [0.25, 0.3) is 5.65 Å². The highest BCUT2D eigenvalue weighted by Crippen LogP contribution is 2.25. The van der Waals surface area contributed by atoms with Crippen LogP contribution >= 0.6 is 11.6 Å². The quantitative estimate of drug-likeness (QED) is 0.739. The number of halogens is 2. The van der Waals surface area contributed by atoms with Crippen molar-refractivity contribution < 1.29 is 9.13 Å². The van der Waals surface area contributed by atoms with Gasteiger partial charge in [0.1, 0.15) is 17.6 Å². The zero-order valence-electron chi connectivity index (χ0n) is 10.6. The summed E-state index contributed by atoms with van der Waals surface area (Å²) in [6.07, 6.45) is 4.28. The average molecular weight is 292 g/mol. The highest BCUT2D eigenvalue weighted by atomic mass is 35.5. The Balaban J connectivity index is 1.92. The van der Waals surface area contributed by atoms with Crippen LogP contribution in [0, 0.1) is 5.82 Å². The van der Waals surface area contributed by atoms with Crippen molar-refractivity contribution in [2.75, 3.05) is 0 Å². The fraction of sp³-hybridized carbons (Fsp3) is 0.143. The lowest BCUT2D eigenvalue weighted by atomic mass is 10.2. The molecule has 3 aromatic heterocycles. The van der Waals surface area contributed by atoms with E-state index in [1.807, 2.05) is 6.92 Å². The molecule has 0 unspecified atom stereocenters. The second kappa shape index (κ2) is 5.09. The Bertz CT molecular complexity index is 742. The van der Waals surface area contributed by atoms with Gasteiger partial charge in [-0.1, -0.05) is 11.6 Å². The van der Waals surface area contributed by atoms with Crippen molar-refractivity contribution in [1.29, 1.82) is 0 Å². The van der Waals surface area contributed by atoms with E-state index in [0.717, 1.165) is 0 Å². The minimum Gasteiger partial charge on any atom is -0.469 e. The Morgan fingerprint density at radius 3 is 2.90 bits per heavy atom. The lowest BCUT2D eigenvalue weighted by Crippen LogP contribution is -2.07. The molecule has 0 saturated carbocycles. The zero-order chi connectivity index (χ0) is 14.1. The first kappa shape index (κ1) is 12.9. The maximum absolute atomic E-state index is 12.9. The molecule has 0 saturated heterocycles. The van der Waals surface area contributed by atoms with Crippen LogP contribution in [0.2, 0.25) is 5.02 Å². The molecule has 6 heteroatoms. The van der Waals surface area contributed by atoms with Gasteiger partial charge >= 0.3 is 0 Å². The number of rotatable bonds is 3. The summed E-state index contributed by atoms with van der Waals surface area (Å²) in [6, 6.07) is 6.40. The van der Waals surface area contributed by atoms with Crippen molar-refractivity contribution in [3.05, 3.63) is 59.4 Å². The number of aromatic nitrogens is 3. The van der Waals surface area contributed by atoms with Crippen molar-refractivity contribution in [3.8, 4) is 5.88 Å². The third kappa shape index (κ3) is 2.44. The van der Waals surface area contributed by atoms with Crippen molar-refractivity contribution in [2.24, 2.45) is 0 Å². The Labute approximate surface area is 119 Å². The molecule has 3 heterocycles. The summed E-state index contributed by atoms with van der Waals surface area (Å²) < 4.78 is 20.5. The molecule has 4 nitrogen and oxygen atoms in total. The van der Waals surface area contributed by atoms with E-state index >= 15 is 0 Å². The van der Waals surface area contributed by atoms with E-state index in [2.05, 4.69) is 9.97 Å². The first-order chi connectivity index (χ1) is 9.63. The van der Waals surface area contributed by atoms with E-state index < -0.39 is 0 Å². The second-order valence-electron chi connectivity index (χ2n) is 4.33. The molecule has 3 rings (SSSR count). The molecular formula is C14H11ClFN3O. The van der Waals surface area contributed by atoms with Gasteiger partial charge in [0.15, 0.2) is 0 Å². The normalized spacial score (nSPS) is 12.6. The van der Waals surface area contributed by atoms with Crippen LogP contribution < -0.4 is 4.74 Å². The summed E-state index contributed by atoms with van der Waals surface area (Å²) in [5, 5.41) is 0.540. The van der Waals surface area contributed by atoms with Crippen LogP contribution in [0.15, 0.2) is 42.9 Å². The molecule has 0 aliphatic rings. The van der Waals surface area contributed by atoms with Crippen molar-refractivity contribution >= 4 is 17.2 Å². The molecule has 0 spiro atoms. The number of pyridine rings is 2. The van der Waals surface area contributed by atoms with Crippen molar-refractivity contribution in [3.63, 3.8) is 0 Å². The highest BCUT2D eigenvalue weighted by molar-refractivity contribution is 6.31. The van der Waals surface area contributed by atoms with Crippen LogP contribution in [0.1, 0.15) is 18.7 Å². The first-order valence-electron chi connectivity index (χ1n) is 6.04. The standard InChI is InChI=1S/C14H11ClFN3O/c1-9(12-3-2-11(16)8-18-12)20-14-7-10(15)6-13-17-4-5-19(13)14/h2-9H,1H3/t9-/m1/s1. The van der Waals surface area contributed by atoms with Gasteiger partial charge in [-0.25, -0.2) is 9.37 Å². The molecular weight excluding hydrogens is 281 g/mol. The van der Waals surface area contributed by atoms with Gasteiger partial charge < -0.3 is 4.74 Å². The largest absolute Gasteiger partial charge is 0.469 e. The van der Waals surface area contributed by atoms with Gasteiger partial charge in [0.2, 0.25) is 5.88 Å². The maximum Gasteiger partial charge on any atom is 0.201 e. The topological polar surface area (TPSA) is 39.4 Å². The Kier molecular flexibility index (Phi) is 3.28. The molecule has 3 aromatic rings. The van der Waals surface area contributed by atoms with Gasteiger partial charge in [0, 0.05) is 29.5 Å². The van der Waals surface area contributed by atoms with E-state index in [-0.39, 0.29) is 11.9 Å². The van der Waals surface area contributed by atoms with Gasteiger partial charge in [0.05, 0.1) is 11.9 Å². The van der Waals surface area contributed by atoms with Crippen LogP contribution in [0.3, 0.4) is 0 Å². The number of imidazole rings is 1. The molecule has 0 bridgehead atoms. The van der Waals surface area contributed by atoms with Gasteiger partial charge in [-0.3, -0.25) is 9.38 Å². The summed E-state index contributed by atoms with van der Waals surface area (Å²) in [5.41, 5.74) is 1.34. The van der Waals surface area contributed by atoms with Crippen LogP contribution in [0.5, 0.6) is 5.88 Å². The first-order valence-corrected chi connectivity index (χ1v) is 6.42. The molecule has 1 atom stereocenters. The Hall–Kier alpha value is -2.14. The summed E-state index contributed by atoms with van der Waals surface area (Å²) in [7, 11) is 0. The molecule has 0 aromatic carbocycles. The number of ether oxygens (including phenoxy) is 1. The van der Waals surface area contributed by atoms with Crippen molar-refractivity contribution in [2.45, 2.75) is 13.0 Å². The molecule has 0 aliphatic carbocycles. The SMILES string of the molecule is C[C@@H](Oc1cc(Cl)cc2nccn12)c1ccc(F)cn1. The van der Waals surface area contributed by atoms with E-state index in [0.29, 0.717) is 22.2 Å². The van der Waals surface area contributed by atoms with Crippen molar-refractivity contribution in [1.82, 2.24) is 14.4 Å². The number of fused-ring (bicyclic) bond motifs is 1. The van der Waals surface area contributed by atoms with Gasteiger partial charge in [-0.15, -0.1) is 0 Å². The van der Waals surface area contributed by atoms with Gasteiger partial charge in [-0.2, -0.15) is 0 Å². The summed E-state index contributed by atoms with van der Waals surface area (Å²) >= 11 is 6.03. The van der Waals surface area contributed by atoms with Gasteiger partial charge in [0.25, 0.3) is 0 Å². The minimum absolute atomic E-state index is 0.334. The number of hydrogen-bond acceptors (Lipinski definition) is 3. The van der Waals surface area contributed by atoms with E-state index in [1.54, 1.807) is 35.0 Å². The molecule has 0 amide bonds. The molecule has 0 fully saturated rings.